The van der Waals surface area contributed by atoms with Crippen molar-refractivity contribution in [2.75, 3.05) is 39.4 Å². The fourth-order valence-electron chi connectivity index (χ4n) is 2.44. The van der Waals surface area contributed by atoms with Crippen molar-refractivity contribution >= 4 is 0 Å². The molecule has 0 spiro atoms. The van der Waals surface area contributed by atoms with E-state index in [0.717, 1.165) is 38.8 Å². The maximum absolute atomic E-state index is 5.52. The van der Waals surface area contributed by atoms with Crippen LogP contribution in [0.15, 0.2) is 0 Å². The van der Waals surface area contributed by atoms with Crippen molar-refractivity contribution in [2.45, 2.75) is 47.1 Å². The summed E-state index contributed by atoms with van der Waals surface area (Å²) in [7, 11) is 0. The molecule has 0 aromatic carbocycles. The topological polar surface area (TPSA) is 24.5 Å². The molecule has 0 bridgehead atoms. The maximum Gasteiger partial charge on any atom is 0.0619 e. The summed E-state index contributed by atoms with van der Waals surface area (Å²) >= 11 is 0. The molecule has 0 aromatic heterocycles. The molecule has 0 saturated carbocycles. The molecule has 1 aliphatic rings. The van der Waals surface area contributed by atoms with Crippen LogP contribution in [-0.4, -0.2) is 50.3 Å². The van der Waals surface area contributed by atoms with Crippen molar-refractivity contribution in [1.29, 1.82) is 0 Å². The number of ether oxygens (including phenoxy) is 1. The standard InChI is InChI=1S/C15H32N2O/c1-6-15(5,11-16-9-13(2)3)12-17-7-8-18-10-14(17)4/h13-14,16H,6-12H2,1-5H3. The summed E-state index contributed by atoms with van der Waals surface area (Å²) in [5, 5.41) is 3.62. The van der Waals surface area contributed by atoms with Crippen LogP contribution in [0.25, 0.3) is 0 Å². The monoisotopic (exact) mass is 256 g/mol. The molecule has 0 aliphatic carbocycles. The Morgan fingerprint density at radius 3 is 2.72 bits per heavy atom. The van der Waals surface area contributed by atoms with Gasteiger partial charge in [0.1, 0.15) is 0 Å². The van der Waals surface area contributed by atoms with E-state index in [1.165, 1.54) is 13.0 Å². The van der Waals surface area contributed by atoms with Crippen LogP contribution in [0.4, 0.5) is 0 Å². The third kappa shape index (κ3) is 5.25. The van der Waals surface area contributed by atoms with Gasteiger partial charge in [-0.1, -0.05) is 27.7 Å². The molecule has 18 heavy (non-hydrogen) atoms. The Kier molecular flexibility index (Phi) is 6.61. The van der Waals surface area contributed by atoms with E-state index < -0.39 is 0 Å². The average molecular weight is 256 g/mol. The van der Waals surface area contributed by atoms with E-state index in [1.54, 1.807) is 0 Å². The first-order valence-corrected chi connectivity index (χ1v) is 7.49. The van der Waals surface area contributed by atoms with Crippen LogP contribution in [0.5, 0.6) is 0 Å². The molecule has 1 saturated heterocycles. The Labute approximate surface area is 113 Å². The molecule has 3 heteroatoms. The van der Waals surface area contributed by atoms with E-state index in [-0.39, 0.29) is 0 Å². The first-order valence-electron chi connectivity index (χ1n) is 7.49. The first-order chi connectivity index (χ1) is 8.47. The number of nitrogens with zero attached hydrogens (tertiary/aromatic N) is 1. The Balaban J connectivity index is 2.42. The Bertz CT molecular complexity index is 233. The predicted octanol–water partition coefficient (Wildman–Crippen LogP) is 2.37. The highest BCUT2D eigenvalue weighted by Crippen LogP contribution is 2.23. The van der Waals surface area contributed by atoms with Crippen LogP contribution in [0.1, 0.15) is 41.0 Å². The summed E-state index contributed by atoms with van der Waals surface area (Å²) in [6.45, 7) is 17.8. The van der Waals surface area contributed by atoms with E-state index in [0.29, 0.717) is 11.5 Å². The number of hydrogen-bond acceptors (Lipinski definition) is 3. The van der Waals surface area contributed by atoms with Gasteiger partial charge >= 0.3 is 0 Å². The largest absolute Gasteiger partial charge is 0.379 e. The van der Waals surface area contributed by atoms with Crippen molar-refractivity contribution in [3.8, 4) is 0 Å². The second-order valence-corrected chi connectivity index (χ2v) is 6.58. The Hall–Kier alpha value is -0.120. The molecule has 0 radical (unpaired) electrons. The predicted molar refractivity (Wildman–Crippen MR) is 78.0 cm³/mol. The normalized spacial score (nSPS) is 25.3. The van der Waals surface area contributed by atoms with Crippen molar-refractivity contribution in [3.63, 3.8) is 0 Å². The molecular formula is C15H32N2O. The summed E-state index contributed by atoms with van der Waals surface area (Å²) in [4.78, 5) is 2.59. The van der Waals surface area contributed by atoms with Gasteiger partial charge in [0.05, 0.1) is 13.2 Å². The zero-order valence-corrected chi connectivity index (χ0v) is 13.0. The SMILES string of the molecule is CCC(C)(CNCC(C)C)CN1CCOCC1C. The van der Waals surface area contributed by atoms with Gasteiger partial charge in [-0.2, -0.15) is 0 Å². The maximum atomic E-state index is 5.52. The highest BCUT2D eigenvalue weighted by atomic mass is 16.5. The van der Waals surface area contributed by atoms with E-state index in [1.807, 2.05) is 0 Å². The fraction of sp³-hybridized carbons (Fsp3) is 1.00. The Morgan fingerprint density at radius 2 is 2.17 bits per heavy atom. The van der Waals surface area contributed by atoms with E-state index >= 15 is 0 Å². The highest BCUT2D eigenvalue weighted by Gasteiger charge is 2.28. The number of hydrogen-bond donors (Lipinski definition) is 1. The number of rotatable bonds is 7. The molecule has 108 valence electrons. The first kappa shape index (κ1) is 15.9. The van der Waals surface area contributed by atoms with Crippen LogP contribution in [-0.2, 0) is 4.74 Å². The molecule has 1 N–H and O–H groups in total. The van der Waals surface area contributed by atoms with Crippen LogP contribution in [0, 0.1) is 11.3 Å². The lowest BCUT2D eigenvalue weighted by atomic mass is 9.86. The van der Waals surface area contributed by atoms with E-state index in [4.69, 9.17) is 4.74 Å². The van der Waals surface area contributed by atoms with Gasteiger partial charge in [-0.05, 0) is 31.2 Å². The van der Waals surface area contributed by atoms with Crippen molar-refractivity contribution in [3.05, 3.63) is 0 Å². The van der Waals surface area contributed by atoms with Gasteiger partial charge in [0.15, 0.2) is 0 Å². The minimum Gasteiger partial charge on any atom is -0.379 e. The quantitative estimate of drug-likeness (QED) is 0.757. The molecule has 1 aliphatic heterocycles. The lowest BCUT2D eigenvalue weighted by molar-refractivity contribution is -0.0187. The summed E-state index contributed by atoms with van der Waals surface area (Å²) < 4.78 is 5.52. The lowest BCUT2D eigenvalue weighted by Crippen LogP contribution is -2.50. The third-order valence-electron chi connectivity index (χ3n) is 4.05. The number of morpholine rings is 1. The minimum atomic E-state index is 0.375. The summed E-state index contributed by atoms with van der Waals surface area (Å²) in [5.41, 5.74) is 0.375. The molecule has 3 nitrogen and oxygen atoms in total. The van der Waals surface area contributed by atoms with Crippen LogP contribution in [0.2, 0.25) is 0 Å². The molecule has 1 heterocycles. The summed E-state index contributed by atoms with van der Waals surface area (Å²) in [6, 6.07) is 0.565. The molecule has 1 fully saturated rings. The van der Waals surface area contributed by atoms with Crippen molar-refractivity contribution in [1.82, 2.24) is 10.2 Å². The van der Waals surface area contributed by atoms with Crippen LogP contribution < -0.4 is 5.32 Å². The molecule has 2 atom stereocenters. The van der Waals surface area contributed by atoms with Crippen LogP contribution in [0.3, 0.4) is 0 Å². The van der Waals surface area contributed by atoms with E-state index in [2.05, 4.69) is 44.8 Å². The van der Waals surface area contributed by atoms with E-state index in [9.17, 15) is 0 Å². The molecule has 0 amide bonds. The third-order valence-corrected chi connectivity index (χ3v) is 4.05. The zero-order valence-electron chi connectivity index (χ0n) is 13.0. The second-order valence-electron chi connectivity index (χ2n) is 6.58. The second kappa shape index (κ2) is 7.46. The molecular weight excluding hydrogens is 224 g/mol. The van der Waals surface area contributed by atoms with Gasteiger partial charge in [-0.25, -0.2) is 0 Å². The average Bonchev–Trinajstić information content (AvgIpc) is 2.32. The summed E-state index contributed by atoms with van der Waals surface area (Å²) in [5.74, 6) is 0.730. The smallest absolute Gasteiger partial charge is 0.0619 e. The lowest BCUT2D eigenvalue weighted by Gasteiger charge is -2.40. The molecule has 1 rings (SSSR count). The minimum absolute atomic E-state index is 0.375. The van der Waals surface area contributed by atoms with Crippen LogP contribution >= 0.6 is 0 Å². The Morgan fingerprint density at radius 1 is 1.44 bits per heavy atom. The van der Waals surface area contributed by atoms with Gasteiger partial charge in [0.25, 0.3) is 0 Å². The van der Waals surface area contributed by atoms with Crippen molar-refractivity contribution in [2.24, 2.45) is 11.3 Å². The summed E-state index contributed by atoms with van der Waals surface area (Å²) in [6.07, 6.45) is 1.22. The molecule has 2 unspecified atom stereocenters. The fourth-order valence-corrected chi connectivity index (χ4v) is 2.44. The van der Waals surface area contributed by atoms with Gasteiger partial charge < -0.3 is 10.1 Å². The highest BCUT2D eigenvalue weighted by molar-refractivity contribution is 4.83. The molecule has 0 aromatic rings. The number of nitrogens with one attached hydrogen (secondary N) is 1. The van der Waals surface area contributed by atoms with Crippen molar-refractivity contribution < 1.29 is 4.74 Å². The van der Waals surface area contributed by atoms with Gasteiger partial charge in [0, 0.05) is 25.7 Å². The van der Waals surface area contributed by atoms with Gasteiger partial charge in [-0.15, -0.1) is 0 Å². The van der Waals surface area contributed by atoms with Gasteiger partial charge in [-0.3, -0.25) is 4.90 Å². The zero-order chi connectivity index (χ0) is 13.6. The van der Waals surface area contributed by atoms with Gasteiger partial charge in [0.2, 0.25) is 0 Å².